The highest BCUT2D eigenvalue weighted by Crippen LogP contribution is 2.03. The number of nitrogens with zero attached hydrogens (tertiary/aromatic N) is 2. The average Bonchev–Trinajstić information content (AvgIpc) is 2.43. The molecular formula is C15H15N3. The predicted octanol–water partition coefficient (Wildman–Crippen LogP) is 3.41. The average molecular weight is 237 g/mol. The maximum absolute atomic E-state index is 7.06. The van der Waals surface area contributed by atoms with Crippen LogP contribution in [0.4, 0.5) is 0 Å². The minimum Gasteiger partial charge on any atom is -0.289 e. The van der Waals surface area contributed by atoms with Gasteiger partial charge in [0.15, 0.2) is 5.84 Å². The van der Waals surface area contributed by atoms with Gasteiger partial charge >= 0.3 is 0 Å². The molecule has 0 bridgehead atoms. The van der Waals surface area contributed by atoms with E-state index in [0.29, 0.717) is 5.84 Å². The van der Waals surface area contributed by atoms with Gasteiger partial charge in [-0.2, -0.15) is 0 Å². The summed E-state index contributed by atoms with van der Waals surface area (Å²) in [7, 11) is 0. The molecule has 0 saturated heterocycles. The van der Waals surface area contributed by atoms with E-state index in [-0.39, 0.29) is 0 Å². The Morgan fingerprint density at radius 1 is 1.17 bits per heavy atom. The Balaban J connectivity index is 3.03. The smallest absolute Gasteiger partial charge is 0.160 e. The number of nitrogens with one attached hydrogen (secondary N) is 1. The fourth-order valence-electron chi connectivity index (χ4n) is 1.27. The Bertz CT molecular complexity index is 508. The molecule has 1 rings (SSSR count). The van der Waals surface area contributed by atoms with Crippen molar-refractivity contribution in [2.24, 2.45) is 9.98 Å². The number of allylic oxidation sites excluding steroid dienone is 4. The first-order valence-electron chi connectivity index (χ1n) is 5.43. The highest BCUT2D eigenvalue weighted by molar-refractivity contribution is 6.07. The number of rotatable bonds is 5. The van der Waals surface area contributed by atoms with Gasteiger partial charge in [-0.15, -0.1) is 0 Å². The Hall–Kier alpha value is -2.55. The third-order valence-corrected chi connectivity index (χ3v) is 2.10. The zero-order valence-electron chi connectivity index (χ0n) is 10.1. The minimum absolute atomic E-state index is 0.488. The molecule has 0 amide bonds. The molecule has 0 saturated carbocycles. The fraction of sp³-hybridized carbons (Fsp3) is 0. The maximum atomic E-state index is 7.06. The van der Waals surface area contributed by atoms with Crippen LogP contribution in [0, 0.1) is 5.41 Å². The first-order valence-corrected chi connectivity index (χ1v) is 5.43. The van der Waals surface area contributed by atoms with E-state index >= 15 is 0 Å². The van der Waals surface area contributed by atoms with E-state index in [9.17, 15) is 0 Å². The van der Waals surface area contributed by atoms with Gasteiger partial charge in [-0.3, -0.25) is 5.41 Å². The second kappa shape index (κ2) is 7.68. The predicted molar refractivity (Wildman–Crippen MR) is 78.7 cm³/mol. The summed E-state index contributed by atoms with van der Waals surface area (Å²) >= 11 is 0. The van der Waals surface area contributed by atoms with Gasteiger partial charge < -0.3 is 0 Å². The van der Waals surface area contributed by atoms with E-state index in [1.165, 1.54) is 0 Å². The van der Waals surface area contributed by atoms with Gasteiger partial charge in [-0.25, -0.2) is 9.98 Å². The molecule has 0 spiro atoms. The van der Waals surface area contributed by atoms with Crippen molar-refractivity contribution in [1.82, 2.24) is 0 Å². The number of hydrogen-bond donors (Lipinski definition) is 1. The summed E-state index contributed by atoms with van der Waals surface area (Å²) in [6, 6.07) is 9.51. The number of aliphatic imine (C=N–C) groups is 2. The van der Waals surface area contributed by atoms with Crippen LogP contribution in [-0.2, 0) is 0 Å². The molecule has 0 aromatic heterocycles. The van der Waals surface area contributed by atoms with E-state index in [4.69, 9.17) is 5.41 Å². The van der Waals surface area contributed by atoms with Crippen molar-refractivity contribution in [2.75, 3.05) is 0 Å². The third-order valence-electron chi connectivity index (χ3n) is 2.10. The van der Waals surface area contributed by atoms with Gasteiger partial charge in [0.05, 0.1) is 0 Å². The van der Waals surface area contributed by atoms with Crippen LogP contribution in [0.2, 0.25) is 0 Å². The Morgan fingerprint density at radius 3 is 2.44 bits per heavy atom. The quantitative estimate of drug-likeness (QED) is 0.463. The molecule has 1 aromatic carbocycles. The van der Waals surface area contributed by atoms with Crippen LogP contribution < -0.4 is 0 Å². The van der Waals surface area contributed by atoms with Gasteiger partial charge in [0, 0.05) is 11.8 Å². The molecule has 0 radical (unpaired) electrons. The molecule has 0 aliphatic rings. The van der Waals surface area contributed by atoms with Gasteiger partial charge in [-0.05, 0) is 5.57 Å². The zero-order chi connectivity index (χ0) is 13.2. The lowest BCUT2D eigenvalue weighted by Crippen LogP contribution is -1.98. The van der Waals surface area contributed by atoms with Gasteiger partial charge in [0.2, 0.25) is 0 Å². The fourth-order valence-corrected chi connectivity index (χ4v) is 1.27. The van der Waals surface area contributed by atoms with Crippen molar-refractivity contribution in [3.8, 4) is 0 Å². The van der Waals surface area contributed by atoms with E-state index in [1.807, 2.05) is 30.3 Å². The molecular weight excluding hydrogens is 222 g/mol. The van der Waals surface area contributed by atoms with Crippen LogP contribution in [0.3, 0.4) is 0 Å². The molecule has 90 valence electrons. The summed E-state index contributed by atoms with van der Waals surface area (Å²) in [5, 5.41) is 7.06. The summed E-state index contributed by atoms with van der Waals surface area (Å²) in [5.74, 6) is 0.488. The normalized spacial score (nSPS) is 12.4. The Kier molecular flexibility index (Phi) is 5.77. The largest absolute Gasteiger partial charge is 0.289 e. The van der Waals surface area contributed by atoms with E-state index in [1.54, 1.807) is 24.4 Å². The molecule has 0 aliphatic heterocycles. The number of hydrogen-bond acceptors (Lipinski definition) is 1. The van der Waals surface area contributed by atoms with Gasteiger partial charge in [0.1, 0.15) is 6.34 Å². The van der Waals surface area contributed by atoms with Gasteiger partial charge in [-0.1, -0.05) is 61.7 Å². The topological polar surface area (TPSA) is 48.6 Å². The van der Waals surface area contributed by atoms with Crippen molar-refractivity contribution in [3.05, 3.63) is 72.9 Å². The molecule has 0 fully saturated rings. The van der Waals surface area contributed by atoms with Crippen LogP contribution >= 0.6 is 0 Å². The molecule has 18 heavy (non-hydrogen) atoms. The summed E-state index contributed by atoms with van der Waals surface area (Å²) < 4.78 is 0. The Morgan fingerprint density at radius 2 is 1.89 bits per heavy atom. The van der Waals surface area contributed by atoms with Crippen molar-refractivity contribution >= 4 is 18.4 Å². The van der Waals surface area contributed by atoms with E-state index in [2.05, 4.69) is 23.1 Å². The Labute approximate surface area is 107 Å². The number of amidine groups is 1. The second-order valence-corrected chi connectivity index (χ2v) is 3.31. The van der Waals surface area contributed by atoms with Gasteiger partial charge in [0.25, 0.3) is 0 Å². The molecule has 0 atom stereocenters. The molecule has 1 aromatic rings. The zero-order valence-corrected chi connectivity index (χ0v) is 10.1. The molecule has 1 N–H and O–H groups in total. The van der Waals surface area contributed by atoms with E-state index < -0.39 is 0 Å². The van der Waals surface area contributed by atoms with E-state index in [0.717, 1.165) is 17.5 Å². The summed E-state index contributed by atoms with van der Waals surface area (Å²) in [6.45, 7) is 7.30. The molecule has 3 nitrogen and oxygen atoms in total. The summed E-state index contributed by atoms with van der Waals surface area (Å²) in [4.78, 5) is 8.19. The monoisotopic (exact) mass is 237 g/mol. The van der Waals surface area contributed by atoms with Crippen LogP contribution in [0.25, 0.3) is 0 Å². The lowest BCUT2D eigenvalue weighted by Gasteiger charge is -1.99. The lowest BCUT2D eigenvalue weighted by molar-refractivity contribution is 1.47. The van der Waals surface area contributed by atoms with Crippen molar-refractivity contribution < 1.29 is 0 Å². The standard InChI is InChI=1S/C15H15N3/c1-3-8-13(4-2)11-17-15(18-12-16)14-9-6-5-7-10-14/h3-12,16H,1-2H2/b13-8+,16-12?,17-11+,18-15-. The number of benzene rings is 1. The lowest BCUT2D eigenvalue weighted by atomic mass is 10.2. The van der Waals surface area contributed by atoms with Crippen molar-refractivity contribution in [3.63, 3.8) is 0 Å². The first-order chi connectivity index (χ1) is 8.81. The van der Waals surface area contributed by atoms with Crippen LogP contribution in [0.15, 0.2) is 77.3 Å². The van der Waals surface area contributed by atoms with Crippen LogP contribution in [-0.4, -0.2) is 18.4 Å². The van der Waals surface area contributed by atoms with Crippen LogP contribution in [0.1, 0.15) is 5.56 Å². The summed E-state index contributed by atoms with van der Waals surface area (Å²) in [6.07, 6.45) is 7.76. The highest BCUT2D eigenvalue weighted by Gasteiger charge is 1.98. The third kappa shape index (κ3) is 4.14. The molecule has 0 heterocycles. The minimum atomic E-state index is 0.488. The summed E-state index contributed by atoms with van der Waals surface area (Å²) in [5.41, 5.74) is 1.69. The molecule has 0 unspecified atom stereocenters. The SMILES string of the molecule is C=C/C=C(C=C)/C=N/C(=N\C=N)c1ccccc1. The van der Waals surface area contributed by atoms with Crippen molar-refractivity contribution in [1.29, 1.82) is 5.41 Å². The molecule has 0 aliphatic carbocycles. The maximum Gasteiger partial charge on any atom is 0.160 e. The van der Waals surface area contributed by atoms with Crippen molar-refractivity contribution in [2.45, 2.75) is 0 Å². The van der Waals surface area contributed by atoms with Crippen LogP contribution in [0.5, 0.6) is 0 Å². The highest BCUT2D eigenvalue weighted by atomic mass is 14.9. The molecule has 3 heteroatoms. The first kappa shape index (κ1) is 13.5. The second-order valence-electron chi connectivity index (χ2n) is 3.31.